The highest BCUT2D eigenvalue weighted by Gasteiger charge is 2.14. The maximum absolute atomic E-state index is 5.12. The molecule has 1 aromatic rings. The summed E-state index contributed by atoms with van der Waals surface area (Å²) in [5.41, 5.74) is 1.19. The average Bonchev–Trinajstić information content (AvgIpc) is 2.80. The van der Waals surface area contributed by atoms with E-state index < -0.39 is 0 Å². The summed E-state index contributed by atoms with van der Waals surface area (Å²) in [5, 5.41) is 3.47. The third-order valence-corrected chi connectivity index (χ3v) is 3.94. The van der Waals surface area contributed by atoms with E-state index in [0.29, 0.717) is 0 Å². The fourth-order valence-corrected chi connectivity index (χ4v) is 3.00. The first kappa shape index (κ1) is 10.7. The van der Waals surface area contributed by atoms with Gasteiger partial charge in [0, 0.05) is 12.2 Å². The minimum Gasteiger partial charge on any atom is -0.497 e. The minimum atomic E-state index is 0.845. The van der Waals surface area contributed by atoms with E-state index in [1.165, 1.54) is 23.6 Å². The molecule has 2 rings (SSSR count). The van der Waals surface area contributed by atoms with Gasteiger partial charge in [0.1, 0.15) is 5.75 Å². The molecule has 1 aromatic carbocycles. The molecule has 0 amide bonds. The van der Waals surface area contributed by atoms with Crippen LogP contribution in [0.5, 0.6) is 5.75 Å². The van der Waals surface area contributed by atoms with Crippen LogP contribution in [0.25, 0.3) is 0 Å². The van der Waals surface area contributed by atoms with Gasteiger partial charge in [0.25, 0.3) is 0 Å². The van der Waals surface area contributed by atoms with Crippen LogP contribution < -0.4 is 10.1 Å². The summed E-state index contributed by atoms with van der Waals surface area (Å²) in [6, 6.07) is 8.12. The number of anilines is 1. The standard InChI is InChI=1S/C12H17NOS/c1-14-12-4-2-11(3-5-12)13-8-10-6-7-15-9-10/h2-5,10,13H,6-9H2,1H3. The molecular formula is C12H17NOS. The van der Waals surface area contributed by atoms with Crippen LogP contribution in [0.4, 0.5) is 5.69 Å². The fraction of sp³-hybridized carbons (Fsp3) is 0.500. The van der Waals surface area contributed by atoms with Crippen molar-refractivity contribution in [3.63, 3.8) is 0 Å². The van der Waals surface area contributed by atoms with E-state index in [2.05, 4.69) is 29.2 Å². The van der Waals surface area contributed by atoms with E-state index in [9.17, 15) is 0 Å². The van der Waals surface area contributed by atoms with Crippen LogP contribution in [0.15, 0.2) is 24.3 Å². The number of benzene rings is 1. The topological polar surface area (TPSA) is 21.3 Å². The lowest BCUT2D eigenvalue weighted by Gasteiger charge is -2.11. The summed E-state index contributed by atoms with van der Waals surface area (Å²) in [7, 11) is 1.69. The van der Waals surface area contributed by atoms with Gasteiger partial charge in [0.15, 0.2) is 0 Å². The van der Waals surface area contributed by atoms with E-state index in [1.807, 2.05) is 12.1 Å². The third kappa shape index (κ3) is 3.06. The van der Waals surface area contributed by atoms with Gasteiger partial charge >= 0.3 is 0 Å². The zero-order valence-corrected chi connectivity index (χ0v) is 9.85. The Balaban J connectivity index is 1.82. The van der Waals surface area contributed by atoms with E-state index >= 15 is 0 Å². The van der Waals surface area contributed by atoms with E-state index in [-0.39, 0.29) is 0 Å². The smallest absolute Gasteiger partial charge is 0.119 e. The maximum Gasteiger partial charge on any atom is 0.119 e. The molecular weight excluding hydrogens is 206 g/mol. The average molecular weight is 223 g/mol. The zero-order valence-electron chi connectivity index (χ0n) is 9.03. The molecule has 82 valence electrons. The molecule has 1 fully saturated rings. The van der Waals surface area contributed by atoms with Crippen LogP contribution in [-0.2, 0) is 0 Å². The predicted octanol–water partition coefficient (Wildman–Crippen LogP) is 2.86. The molecule has 1 N–H and O–H groups in total. The second-order valence-electron chi connectivity index (χ2n) is 3.84. The fourth-order valence-electron chi connectivity index (χ4n) is 1.72. The first-order valence-corrected chi connectivity index (χ1v) is 6.49. The number of methoxy groups -OCH3 is 1. The second kappa shape index (κ2) is 5.31. The molecule has 0 radical (unpaired) electrons. The van der Waals surface area contributed by atoms with Crippen molar-refractivity contribution >= 4 is 17.4 Å². The van der Waals surface area contributed by atoms with Gasteiger partial charge < -0.3 is 10.1 Å². The Labute approximate surface area is 95.4 Å². The van der Waals surface area contributed by atoms with Crippen LogP contribution in [-0.4, -0.2) is 25.2 Å². The number of ether oxygens (including phenoxy) is 1. The first-order chi connectivity index (χ1) is 7.38. The molecule has 1 heterocycles. The van der Waals surface area contributed by atoms with Crippen LogP contribution >= 0.6 is 11.8 Å². The Hall–Kier alpha value is -0.830. The van der Waals surface area contributed by atoms with Crippen LogP contribution in [0.1, 0.15) is 6.42 Å². The zero-order chi connectivity index (χ0) is 10.5. The molecule has 0 saturated carbocycles. The SMILES string of the molecule is COc1ccc(NCC2CCSC2)cc1. The van der Waals surface area contributed by atoms with Gasteiger partial charge in [0.05, 0.1) is 7.11 Å². The second-order valence-corrected chi connectivity index (χ2v) is 4.99. The molecule has 1 unspecified atom stereocenters. The number of hydrogen-bond donors (Lipinski definition) is 1. The lowest BCUT2D eigenvalue weighted by Crippen LogP contribution is -2.13. The monoisotopic (exact) mass is 223 g/mol. The third-order valence-electron chi connectivity index (χ3n) is 2.71. The molecule has 0 bridgehead atoms. The number of nitrogens with one attached hydrogen (secondary N) is 1. The van der Waals surface area contributed by atoms with Crippen LogP contribution in [0.2, 0.25) is 0 Å². The number of rotatable bonds is 4. The molecule has 1 saturated heterocycles. The predicted molar refractivity (Wildman–Crippen MR) is 66.9 cm³/mol. The Morgan fingerprint density at radius 3 is 2.80 bits per heavy atom. The summed E-state index contributed by atoms with van der Waals surface area (Å²) in [5.74, 6) is 4.40. The Bertz CT molecular complexity index is 293. The maximum atomic E-state index is 5.12. The van der Waals surface area contributed by atoms with E-state index in [1.54, 1.807) is 7.11 Å². The highest BCUT2D eigenvalue weighted by atomic mass is 32.2. The molecule has 15 heavy (non-hydrogen) atoms. The van der Waals surface area contributed by atoms with Crippen LogP contribution in [0.3, 0.4) is 0 Å². The van der Waals surface area contributed by atoms with Crippen molar-refractivity contribution in [1.29, 1.82) is 0 Å². The van der Waals surface area contributed by atoms with Crippen molar-refractivity contribution in [2.45, 2.75) is 6.42 Å². The quantitative estimate of drug-likeness (QED) is 0.848. The molecule has 1 aliphatic rings. The summed E-state index contributed by atoms with van der Waals surface area (Å²) in [4.78, 5) is 0. The van der Waals surface area contributed by atoms with E-state index in [0.717, 1.165) is 18.2 Å². The Kier molecular flexibility index (Phi) is 3.78. The normalized spacial score (nSPS) is 20.2. The largest absolute Gasteiger partial charge is 0.497 e. The molecule has 0 aromatic heterocycles. The molecule has 1 aliphatic heterocycles. The highest BCUT2D eigenvalue weighted by Crippen LogP contribution is 2.24. The lowest BCUT2D eigenvalue weighted by atomic mass is 10.1. The minimum absolute atomic E-state index is 0.845. The van der Waals surface area contributed by atoms with Crippen molar-refractivity contribution < 1.29 is 4.74 Å². The summed E-state index contributed by atoms with van der Waals surface area (Å²) in [6.45, 7) is 1.10. The molecule has 3 heteroatoms. The van der Waals surface area contributed by atoms with Crippen molar-refractivity contribution in [3.05, 3.63) is 24.3 Å². The number of thioether (sulfide) groups is 1. The van der Waals surface area contributed by atoms with Crippen LogP contribution in [0, 0.1) is 5.92 Å². The van der Waals surface area contributed by atoms with Crippen molar-refractivity contribution in [1.82, 2.24) is 0 Å². The van der Waals surface area contributed by atoms with Crippen molar-refractivity contribution in [2.24, 2.45) is 5.92 Å². The van der Waals surface area contributed by atoms with Gasteiger partial charge in [-0.25, -0.2) is 0 Å². The number of hydrogen-bond acceptors (Lipinski definition) is 3. The summed E-state index contributed by atoms with van der Waals surface area (Å²) >= 11 is 2.06. The van der Waals surface area contributed by atoms with Gasteiger partial charge in [-0.05, 0) is 48.1 Å². The summed E-state index contributed by atoms with van der Waals surface area (Å²) < 4.78 is 5.12. The van der Waals surface area contributed by atoms with E-state index in [4.69, 9.17) is 4.74 Å². The summed E-state index contributed by atoms with van der Waals surface area (Å²) in [6.07, 6.45) is 1.35. The van der Waals surface area contributed by atoms with Gasteiger partial charge in [0.2, 0.25) is 0 Å². The molecule has 0 aliphatic carbocycles. The lowest BCUT2D eigenvalue weighted by molar-refractivity contribution is 0.415. The molecule has 2 nitrogen and oxygen atoms in total. The Morgan fingerprint density at radius 1 is 1.40 bits per heavy atom. The van der Waals surface area contributed by atoms with Crippen molar-refractivity contribution in [3.8, 4) is 5.75 Å². The van der Waals surface area contributed by atoms with Crippen molar-refractivity contribution in [2.75, 3.05) is 30.5 Å². The Morgan fingerprint density at radius 2 is 2.20 bits per heavy atom. The highest BCUT2D eigenvalue weighted by molar-refractivity contribution is 7.99. The van der Waals surface area contributed by atoms with Gasteiger partial charge in [-0.15, -0.1) is 0 Å². The van der Waals surface area contributed by atoms with Gasteiger partial charge in [-0.2, -0.15) is 11.8 Å². The molecule has 0 spiro atoms. The van der Waals surface area contributed by atoms with Gasteiger partial charge in [-0.1, -0.05) is 0 Å². The first-order valence-electron chi connectivity index (χ1n) is 5.34. The van der Waals surface area contributed by atoms with Gasteiger partial charge in [-0.3, -0.25) is 0 Å². The molecule has 1 atom stereocenters.